The number of rotatable bonds is 10. The monoisotopic (exact) mass is 511 g/mol. The molecular formula is C28H37N3O4S. The standard InChI is InChI=1S/C24H25N3O4S.2C2H6/c1-5-18(12-19(6-2)30-13-17-8-7-15(3)16(4)11-17)20-9-10-21(31-20)23-25-24(27-26-23)32-14-22(28)29;2*1-2/h5-12H,1,13-14H2,2-4H3,(H,28,29)(H,25,26,27);2*1-2H3/b18-12+,19-6+;;. The topological polar surface area (TPSA) is 101 Å². The molecule has 0 atom stereocenters. The molecule has 1 aromatic carbocycles. The van der Waals surface area contributed by atoms with Crippen molar-refractivity contribution in [1.29, 1.82) is 0 Å². The summed E-state index contributed by atoms with van der Waals surface area (Å²) in [5.41, 5.74) is 4.34. The van der Waals surface area contributed by atoms with Crippen molar-refractivity contribution in [3.05, 3.63) is 83.3 Å². The summed E-state index contributed by atoms with van der Waals surface area (Å²) in [5, 5.41) is 15.9. The maximum absolute atomic E-state index is 10.7. The van der Waals surface area contributed by atoms with Crippen molar-refractivity contribution < 1.29 is 19.1 Å². The molecule has 0 saturated carbocycles. The summed E-state index contributed by atoms with van der Waals surface area (Å²) >= 11 is 1.03. The highest BCUT2D eigenvalue weighted by molar-refractivity contribution is 7.99. The number of aryl methyl sites for hydroxylation is 2. The second-order valence-electron chi connectivity index (χ2n) is 7.02. The quantitative estimate of drug-likeness (QED) is 0.164. The molecule has 0 radical (unpaired) electrons. The molecule has 2 heterocycles. The van der Waals surface area contributed by atoms with Gasteiger partial charge in [0.25, 0.3) is 0 Å². The van der Waals surface area contributed by atoms with Crippen LogP contribution in [-0.4, -0.2) is 32.0 Å². The maximum atomic E-state index is 10.7. The van der Waals surface area contributed by atoms with E-state index >= 15 is 0 Å². The molecule has 194 valence electrons. The Labute approximate surface area is 218 Å². The molecule has 2 aromatic heterocycles. The number of aliphatic carboxylic acids is 1. The summed E-state index contributed by atoms with van der Waals surface area (Å²) in [6, 6.07) is 9.86. The van der Waals surface area contributed by atoms with Crippen molar-refractivity contribution in [3.63, 3.8) is 0 Å². The lowest BCUT2D eigenvalue weighted by molar-refractivity contribution is -0.133. The minimum atomic E-state index is -0.929. The Kier molecular flexibility index (Phi) is 13.7. The fourth-order valence-electron chi connectivity index (χ4n) is 2.82. The Morgan fingerprint density at radius 2 is 1.89 bits per heavy atom. The van der Waals surface area contributed by atoms with Gasteiger partial charge < -0.3 is 14.3 Å². The molecule has 0 aliphatic carbocycles. The van der Waals surface area contributed by atoms with Gasteiger partial charge in [-0.2, -0.15) is 4.98 Å². The molecule has 0 unspecified atom stereocenters. The predicted octanol–water partition coefficient (Wildman–Crippen LogP) is 7.60. The second kappa shape index (κ2) is 16.2. The van der Waals surface area contributed by atoms with E-state index in [9.17, 15) is 4.79 Å². The number of nitrogens with zero attached hydrogens (tertiary/aromatic N) is 2. The first-order chi connectivity index (χ1) is 17.4. The zero-order valence-corrected chi connectivity index (χ0v) is 23.0. The van der Waals surface area contributed by atoms with Crippen LogP contribution in [-0.2, 0) is 16.1 Å². The number of carbonyl (C=O) groups is 1. The minimum Gasteiger partial charge on any atom is -0.489 e. The molecule has 36 heavy (non-hydrogen) atoms. The number of ether oxygens (including phenoxy) is 1. The zero-order valence-electron chi connectivity index (χ0n) is 22.2. The van der Waals surface area contributed by atoms with Gasteiger partial charge in [-0.15, -0.1) is 5.10 Å². The minimum absolute atomic E-state index is 0.113. The van der Waals surface area contributed by atoms with Crippen LogP contribution >= 0.6 is 11.8 Å². The fraction of sp³-hybridized carbons (Fsp3) is 0.321. The van der Waals surface area contributed by atoms with Crippen LogP contribution in [0.5, 0.6) is 0 Å². The number of hydrogen-bond donors (Lipinski definition) is 2. The fourth-order valence-corrected chi connectivity index (χ4v) is 3.34. The zero-order chi connectivity index (χ0) is 27.1. The number of aromatic nitrogens is 3. The van der Waals surface area contributed by atoms with Gasteiger partial charge in [0.2, 0.25) is 5.16 Å². The van der Waals surface area contributed by atoms with Crippen LogP contribution < -0.4 is 0 Å². The van der Waals surface area contributed by atoms with E-state index in [-0.39, 0.29) is 5.75 Å². The number of carboxylic acids is 1. The number of carboxylic acid groups (broad SMARTS) is 1. The summed E-state index contributed by atoms with van der Waals surface area (Å²) in [6.45, 7) is 18.4. The highest BCUT2D eigenvalue weighted by Gasteiger charge is 2.13. The van der Waals surface area contributed by atoms with Gasteiger partial charge in [-0.25, -0.2) is 0 Å². The van der Waals surface area contributed by atoms with Crippen LogP contribution in [0.4, 0.5) is 0 Å². The number of furan rings is 1. The predicted molar refractivity (Wildman–Crippen MR) is 148 cm³/mol. The van der Waals surface area contributed by atoms with Crippen molar-refractivity contribution in [2.24, 2.45) is 0 Å². The molecule has 0 aliphatic rings. The number of hydrogen-bond acceptors (Lipinski definition) is 6. The van der Waals surface area contributed by atoms with E-state index in [4.69, 9.17) is 14.3 Å². The molecule has 0 bridgehead atoms. The number of allylic oxidation sites excluding steroid dienone is 4. The van der Waals surface area contributed by atoms with Crippen molar-refractivity contribution in [3.8, 4) is 11.6 Å². The Morgan fingerprint density at radius 3 is 2.50 bits per heavy atom. The van der Waals surface area contributed by atoms with Crippen LogP contribution in [0.1, 0.15) is 57.1 Å². The van der Waals surface area contributed by atoms with Crippen LogP contribution in [0, 0.1) is 13.8 Å². The molecule has 0 aliphatic heterocycles. The van der Waals surface area contributed by atoms with E-state index in [0.717, 1.165) is 22.9 Å². The summed E-state index contributed by atoms with van der Waals surface area (Å²) < 4.78 is 11.9. The van der Waals surface area contributed by atoms with Gasteiger partial charge in [-0.05, 0) is 61.7 Å². The van der Waals surface area contributed by atoms with Gasteiger partial charge in [-0.3, -0.25) is 9.89 Å². The first-order valence-electron chi connectivity index (χ1n) is 12.0. The van der Waals surface area contributed by atoms with E-state index < -0.39 is 5.97 Å². The maximum Gasteiger partial charge on any atom is 0.313 e. The van der Waals surface area contributed by atoms with Gasteiger partial charge in [0.05, 0.1) is 5.75 Å². The molecule has 3 rings (SSSR count). The third kappa shape index (κ3) is 9.26. The van der Waals surface area contributed by atoms with Gasteiger partial charge in [0, 0.05) is 5.57 Å². The number of nitrogens with one attached hydrogen (secondary N) is 1. The lowest BCUT2D eigenvalue weighted by atomic mass is 10.1. The van der Waals surface area contributed by atoms with E-state index in [2.05, 4.69) is 53.8 Å². The molecular weight excluding hydrogens is 474 g/mol. The lowest BCUT2D eigenvalue weighted by Gasteiger charge is -2.10. The Morgan fingerprint density at radius 1 is 1.17 bits per heavy atom. The van der Waals surface area contributed by atoms with Crippen LogP contribution in [0.2, 0.25) is 0 Å². The highest BCUT2D eigenvalue weighted by atomic mass is 32.2. The molecule has 0 saturated heterocycles. The summed E-state index contributed by atoms with van der Waals surface area (Å²) in [7, 11) is 0. The molecule has 0 spiro atoms. The largest absolute Gasteiger partial charge is 0.489 e. The van der Waals surface area contributed by atoms with Crippen molar-refractivity contribution in [2.45, 2.75) is 60.2 Å². The van der Waals surface area contributed by atoms with Crippen LogP contribution in [0.25, 0.3) is 17.2 Å². The van der Waals surface area contributed by atoms with E-state index in [1.807, 2.05) is 52.8 Å². The summed E-state index contributed by atoms with van der Waals surface area (Å²) in [6.07, 6.45) is 5.45. The number of aromatic amines is 1. The molecule has 0 amide bonds. The number of H-pyrrole nitrogens is 1. The molecule has 7 nitrogen and oxygen atoms in total. The van der Waals surface area contributed by atoms with Gasteiger partial charge >= 0.3 is 5.97 Å². The summed E-state index contributed by atoms with van der Waals surface area (Å²) in [5.74, 6) is 1.16. The Bertz CT molecular complexity index is 1180. The summed E-state index contributed by atoms with van der Waals surface area (Å²) in [4.78, 5) is 15.0. The Hall–Kier alpha value is -3.52. The van der Waals surface area contributed by atoms with Gasteiger partial charge in [0.15, 0.2) is 11.6 Å². The molecule has 3 aromatic rings. The first-order valence-corrected chi connectivity index (χ1v) is 12.9. The van der Waals surface area contributed by atoms with Gasteiger partial charge in [-0.1, -0.05) is 70.3 Å². The average molecular weight is 512 g/mol. The Balaban J connectivity index is 0.00000154. The molecule has 8 heteroatoms. The third-order valence-electron chi connectivity index (χ3n) is 4.69. The normalized spacial score (nSPS) is 11.1. The van der Waals surface area contributed by atoms with Crippen molar-refractivity contribution in [2.75, 3.05) is 5.75 Å². The van der Waals surface area contributed by atoms with E-state index in [0.29, 0.717) is 34.9 Å². The third-order valence-corrected chi connectivity index (χ3v) is 5.52. The van der Waals surface area contributed by atoms with E-state index in [1.165, 1.54) is 11.1 Å². The van der Waals surface area contributed by atoms with Crippen LogP contribution in [0.15, 0.2) is 70.5 Å². The van der Waals surface area contributed by atoms with Crippen LogP contribution in [0.3, 0.4) is 0 Å². The van der Waals surface area contributed by atoms with Gasteiger partial charge in [0.1, 0.15) is 18.1 Å². The first kappa shape index (κ1) is 30.5. The molecule has 2 N–H and O–H groups in total. The SMILES string of the molecule is C=C/C(=C\C(=C/C)OCc1ccc(C)c(C)c1)c1ccc(-c2nc(SCC(=O)O)n[nH]2)o1.CC.CC. The van der Waals surface area contributed by atoms with Crippen molar-refractivity contribution >= 4 is 23.3 Å². The second-order valence-corrected chi connectivity index (χ2v) is 7.96. The smallest absolute Gasteiger partial charge is 0.313 e. The van der Waals surface area contributed by atoms with E-state index in [1.54, 1.807) is 12.1 Å². The highest BCUT2D eigenvalue weighted by Crippen LogP contribution is 2.27. The number of benzene rings is 1. The lowest BCUT2D eigenvalue weighted by Crippen LogP contribution is -1.97. The average Bonchev–Trinajstić information content (AvgIpc) is 3.57. The number of thioether (sulfide) groups is 1. The van der Waals surface area contributed by atoms with Crippen molar-refractivity contribution in [1.82, 2.24) is 15.2 Å². The molecule has 0 fully saturated rings.